The van der Waals surface area contributed by atoms with Crippen molar-refractivity contribution in [3.8, 4) is 5.75 Å². The van der Waals surface area contributed by atoms with Crippen molar-refractivity contribution in [1.82, 2.24) is 0 Å². The van der Waals surface area contributed by atoms with Gasteiger partial charge in [-0.25, -0.2) is 0 Å². The third-order valence-electron chi connectivity index (χ3n) is 2.94. The molecule has 0 amide bonds. The Bertz CT molecular complexity index is 877. The summed E-state index contributed by atoms with van der Waals surface area (Å²) in [6, 6.07) is 10.2. The minimum absolute atomic E-state index is 0.0848. The Morgan fingerprint density at radius 2 is 1.84 bits per heavy atom. The maximum atomic E-state index is 11.3. The first-order valence-corrected chi connectivity index (χ1v) is 6.91. The van der Waals surface area contributed by atoms with Gasteiger partial charge in [-0.05, 0) is 12.1 Å². The first-order chi connectivity index (χ1) is 9.00. The van der Waals surface area contributed by atoms with E-state index in [9.17, 15) is 13.0 Å². The van der Waals surface area contributed by atoms with Gasteiger partial charge in [0.1, 0.15) is 21.8 Å². The fourth-order valence-electron chi connectivity index (χ4n) is 2.09. The van der Waals surface area contributed by atoms with Crippen molar-refractivity contribution in [3.63, 3.8) is 0 Å². The third-order valence-corrected chi connectivity index (χ3v) is 3.82. The van der Waals surface area contributed by atoms with Crippen LogP contribution in [0.4, 0.5) is 0 Å². The molecule has 0 spiro atoms. The Balaban J connectivity index is 2.47. The topological polar surface area (TPSA) is 76.7 Å². The largest absolute Gasteiger partial charge is 0.495 e. The summed E-state index contributed by atoms with van der Waals surface area (Å²) in [5.41, 5.74) is 1.03. The van der Waals surface area contributed by atoms with Crippen LogP contribution in [0.2, 0.25) is 0 Å². The highest BCUT2D eigenvalue weighted by Crippen LogP contribution is 2.35. The van der Waals surface area contributed by atoms with E-state index in [4.69, 9.17) is 9.15 Å². The summed E-state index contributed by atoms with van der Waals surface area (Å²) in [5.74, 6) is 0.0848. The molecule has 1 N–H and O–H groups in total. The van der Waals surface area contributed by atoms with E-state index < -0.39 is 10.1 Å². The first-order valence-electron chi connectivity index (χ1n) is 5.47. The van der Waals surface area contributed by atoms with Crippen LogP contribution < -0.4 is 4.74 Å². The van der Waals surface area contributed by atoms with Crippen LogP contribution in [0, 0.1) is 0 Å². The molecule has 98 valence electrons. The number of furan rings is 1. The summed E-state index contributed by atoms with van der Waals surface area (Å²) in [6.07, 6.45) is 0. The van der Waals surface area contributed by atoms with Gasteiger partial charge in [0.25, 0.3) is 10.1 Å². The van der Waals surface area contributed by atoms with Gasteiger partial charge in [-0.15, -0.1) is 0 Å². The molecule has 2 aromatic carbocycles. The second kappa shape index (κ2) is 3.97. The van der Waals surface area contributed by atoms with Crippen molar-refractivity contribution in [2.45, 2.75) is 4.90 Å². The molecule has 0 saturated carbocycles. The average Bonchev–Trinajstić information content (AvgIpc) is 2.73. The quantitative estimate of drug-likeness (QED) is 0.729. The molecule has 6 heteroatoms. The van der Waals surface area contributed by atoms with Crippen LogP contribution in [-0.2, 0) is 10.1 Å². The standard InChI is InChI=1S/C13H10O5S/c1-17-12-6-9-8-4-2-3-5-10(8)18-11(9)7-13(12)19(14,15)16/h2-7H,1H3,(H,14,15,16). The minimum atomic E-state index is -4.36. The van der Waals surface area contributed by atoms with Crippen LogP contribution in [0.15, 0.2) is 45.7 Å². The Kier molecular flexibility index (Phi) is 2.51. The van der Waals surface area contributed by atoms with E-state index >= 15 is 0 Å². The van der Waals surface area contributed by atoms with Crippen LogP contribution in [0.5, 0.6) is 5.75 Å². The lowest BCUT2D eigenvalue weighted by atomic mass is 10.1. The van der Waals surface area contributed by atoms with Gasteiger partial charge in [0, 0.05) is 16.8 Å². The van der Waals surface area contributed by atoms with E-state index in [1.807, 2.05) is 18.2 Å². The molecule has 3 aromatic rings. The predicted molar refractivity (Wildman–Crippen MR) is 70.1 cm³/mol. The van der Waals surface area contributed by atoms with Crippen LogP contribution in [-0.4, -0.2) is 20.1 Å². The molecule has 0 radical (unpaired) electrons. The molecule has 0 aliphatic carbocycles. The molecule has 5 nitrogen and oxygen atoms in total. The lowest BCUT2D eigenvalue weighted by Crippen LogP contribution is -2.01. The number of methoxy groups -OCH3 is 1. The summed E-state index contributed by atoms with van der Waals surface area (Å²) in [5, 5.41) is 1.59. The second-order valence-electron chi connectivity index (χ2n) is 4.07. The zero-order valence-corrected chi connectivity index (χ0v) is 10.8. The van der Waals surface area contributed by atoms with Crippen molar-refractivity contribution in [1.29, 1.82) is 0 Å². The third kappa shape index (κ3) is 1.85. The highest BCUT2D eigenvalue weighted by atomic mass is 32.2. The zero-order chi connectivity index (χ0) is 13.6. The monoisotopic (exact) mass is 278 g/mol. The number of rotatable bonds is 2. The molecule has 1 aromatic heterocycles. The summed E-state index contributed by atoms with van der Waals surface area (Å²) in [4.78, 5) is -0.304. The van der Waals surface area contributed by atoms with Gasteiger partial charge in [-0.1, -0.05) is 18.2 Å². The molecule has 3 rings (SSSR count). The molecule has 0 aliphatic heterocycles. The van der Waals surface area contributed by atoms with Crippen molar-refractivity contribution in [2.75, 3.05) is 7.11 Å². The summed E-state index contributed by atoms with van der Waals surface area (Å²) < 4.78 is 42.4. The van der Waals surface area contributed by atoms with E-state index in [1.165, 1.54) is 13.2 Å². The average molecular weight is 278 g/mol. The molecule has 0 unspecified atom stereocenters. The summed E-state index contributed by atoms with van der Waals surface area (Å²) >= 11 is 0. The molecule has 19 heavy (non-hydrogen) atoms. The van der Waals surface area contributed by atoms with Crippen LogP contribution in [0.1, 0.15) is 0 Å². The first kappa shape index (κ1) is 12.0. The predicted octanol–water partition coefficient (Wildman–Crippen LogP) is 2.84. The van der Waals surface area contributed by atoms with E-state index in [0.717, 1.165) is 10.8 Å². The van der Waals surface area contributed by atoms with Crippen molar-refractivity contribution >= 4 is 32.1 Å². The number of hydrogen-bond donors (Lipinski definition) is 1. The van der Waals surface area contributed by atoms with E-state index in [-0.39, 0.29) is 10.6 Å². The smallest absolute Gasteiger partial charge is 0.298 e. The minimum Gasteiger partial charge on any atom is -0.495 e. The Morgan fingerprint density at radius 1 is 1.11 bits per heavy atom. The Morgan fingerprint density at radius 3 is 2.53 bits per heavy atom. The van der Waals surface area contributed by atoms with E-state index in [0.29, 0.717) is 11.2 Å². The number of para-hydroxylation sites is 1. The number of fused-ring (bicyclic) bond motifs is 3. The lowest BCUT2D eigenvalue weighted by molar-refractivity contribution is 0.398. The van der Waals surface area contributed by atoms with E-state index in [2.05, 4.69) is 0 Å². The van der Waals surface area contributed by atoms with Gasteiger partial charge < -0.3 is 9.15 Å². The normalized spacial score (nSPS) is 12.1. The maximum Gasteiger partial charge on any atom is 0.298 e. The van der Waals surface area contributed by atoms with Gasteiger partial charge in [0.15, 0.2) is 0 Å². The van der Waals surface area contributed by atoms with Crippen LogP contribution in [0.25, 0.3) is 21.9 Å². The lowest BCUT2D eigenvalue weighted by Gasteiger charge is -2.05. The van der Waals surface area contributed by atoms with Gasteiger partial charge in [-0.2, -0.15) is 8.42 Å². The van der Waals surface area contributed by atoms with Crippen molar-refractivity contribution in [3.05, 3.63) is 36.4 Å². The Labute approximate surface area is 109 Å². The fourth-order valence-corrected chi connectivity index (χ4v) is 2.75. The number of hydrogen-bond acceptors (Lipinski definition) is 4. The van der Waals surface area contributed by atoms with Crippen molar-refractivity contribution in [2.24, 2.45) is 0 Å². The SMILES string of the molecule is COc1cc2c(cc1S(=O)(=O)O)oc1ccccc12. The molecule has 0 bridgehead atoms. The molecule has 0 saturated heterocycles. The van der Waals surface area contributed by atoms with Crippen LogP contribution in [0.3, 0.4) is 0 Å². The van der Waals surface area contributed by atoms with Crippen molar-refractivity contribution < 1.29 is 22.1 Å². The van der Waals surface area contributed by atoms with Gasteiger partial charge in [0.05, 0.1) is 7.11 Å². The second-order valence-corrected chi connectivity index (χ2v) is 5.46. The van der Waals surface area contributed by atoms with E-state index in [1.54, 1.807) is 12.1 Å². The summed E-state index contributed by atoms with van der Waals surface area (Å²) in [7, 11) is -3.01. The highest BCUT2D eigenvalue weighted by molar-refractivity contribution is 7.86. The molecular formula is C13H10O5S. The molecule has 1 heterocycles. The maximum absolute atomic E-state index is 11.3. The zero-order valence-electron chi connectivity index (χ0n) is 9.95. The van der Waals surface area contributed by atoms with Gasteiger partial charge >= 0.3 is 0 Å². The number of benzene rings is 2. The fraction of sp³-hybridized carbons (Fsp3) is 0.0769. The van der Waals surface area contributed by atoms with Gasteiger partial charge in [-0.3, -0.25) is 4.55 Å². The molecule has 0 aliphatic rings. The molecule has 0 fully saturated rings. The number of ether oxygens (including phenoxy) is 1. The Hall–Kier alpha value is -2.05. The van der Waals surface area contributed by atoms with Gasteiger partial charge in [0.2, 0.25) is 0 Å². The molecular weight excluding hydrogens is 268 g/mol. The molecule has 0 atom stereocenters. The highest BCUT2D eigenvalue weighted by Gasteiger charge is 2.20. The summed E-state index contributed by atoms with van der Waals surface area (Å²) in [6.45, 7) is 0. The van der Waals surface area contributed by atoms with Crippen LogP contribution >= 0.6 is 0 Å².